The first kappa shape index (κ1) is 13.2. The van der Waals surface area contributed by atoms with Crippen molar-refractivity contribution in [3.63, 3.8) is 0 Å². The van der Waals surface area contributed by atoms with Crippen LogP contribution >= 0.6 is 0 Å². The molecule has 2 rings (SSSR count). The molecule has 0 atom stereocenters. The summed E-state index contributed by atoms with van der Waals surface area (Å²) in [4.78, 5) is 7.46. The number of nitrogen functional groups attached to an aromatic ring is 1. The molecule has 1 aromatic carbocycles. The highest BCUT2D eigenvalue weighted by Gasteiger charge is 2.34. The Labute approximate surface area is 105 Å². The molecule has 0 aliphatic carbocycles. The van der Waals surface area contributed by atoms with Gasteiger partial charge in [-0.1, -0.05) is 0 Å². The molecule has 0 aliphatic heterocycles. The van der Waals surface area contributed by atoms with Crippen molar-refractivity contribution >= 4 is 5.82 Å². The molecule has 0 aliphatic rings. The van der Waals surface area contributed by atoms with Crippen molar-refractivity contribution in [3.8, 4) is 11.4 Å². The minimum atomic E-state index is -4.63. The number of alkyl halides is 3. The van der Waals surface area contributed by atoms with E-state index in [4.69, 9.17) is 5.84 Å². The van der Waals surface area contributed by atoms with Crippen LogP contribution in [0.25, 0.3) is 11.4 Å². The maximum absolute atomic E-state index is 13.1. The summed E-state index contributed by atoms with van der Waals surface area (Å²) < 4.78 is 51.6. The molecule has 0 fully saturated rings. The predicted octanol–water partition coefficient (Wildman–Crippen LogP) is 2.59. The average Bonchev–Trinajstić information content (AvgIpc) is 2.37. The van der Waals surface area contributed by atoms with Crippen molar-refractivity contribution in [3.05, 3.63) is 41.8 Å². The van der Waals surface area contributed by atoms with Crippen molar-refractivity contribution < 1.29 is 17.6 Å². The third-order valence-electron chi connectivity index (χ3n) is 2.33. The second-order valence-electron chi connectivity index (χ2n) is 3.60. The first-order valence-electron chi connectivity index (χ1n) is 5.08. The standard InChI is InChI=1S/C11H8F4N4/c12-6-1-2-8(11(13,14)15)7(5-6)10-17-4-3-9(18-10)19-16/h1-5H,16H2,(H,17,18,19). The fourth-order valence-corrected chi connectivity index (χ4v) is 1.52. The van der Waals surface area contributed by atoms with Gasteiger partial charge < -0.3 is 5.43 Å². The molecule has 0 bridgehead atoms. The van der Waals surface area contributed by atoms with Gasteiger partial charge in [-0.3, -0.25) is 0 Å². The zero-order chi connectivity index (χ0) is 14.0. The summed E-state index contributed by atoms with van der Waals surface area (Å²) in [5, 5.41) is 0. The molecule has 4 nitrogen and oxygen atoms in total. The quantitative estimate of drug-likeness (QED) is 0.501. The van der Waals surface area contributed by atoms with Gasteiger partial charge in [0, 0.05) is 17.8 Å². The molecular weight excluding hydrogens is 264 g/mol. The lowest BCUT2D eigenvalue weighted by atomic mass is 10.1. The molecule has 0 unspecified atom stereocenters. The number of hydrogen-bond acceptors (Lipinski definition) is 4. The largest absolute Gasteiger partial charge is 0.417 e. The monoisotopic (exact) mass is 272 g/mol. The SMILES string of the molecule is NNc1ccnc(-c2cc(F)ccc2C(F)(F)F)n1. The van der Waals surface area contributed by atoms with Gasteiger partial charge in [0.25, 0.3) is 0 Å². The highest BCUT2D eigenvalue weighted by molar-refractivity contribution is 5.62. The van der Waals surface area contributed by atoms with E-state index >= 15 is 0 Å². The molecule has 0 saturated heterocycles. The van der Waals surface area contributed by atoms with E-state index in [9.17, 15) is 17.6 Å². The number of nitrogens with zero attached hydrogens (tertiary/aromatic N) is 2. The zero-order valence-corrected chi connectivity index (χ0v) is 9.37. The van der Waals surface area contributed by atoms with E-state index in [1.54, 1.807) is 0 Å². The van der Waals surface area contributed by atoms with Crippen LogP contribution in [0.3, 0.4) is 0 Å². The second-order valence-corrected chi connectivity index (χ2v) is 3.60. The van der Waals surface area contributed by atoms with Crippen LogP contribution in [0.15, 0.2) is 30.5 Å². The molecular formula is C11H8F4N4. The van der Waals surface area contributed by atoms with E-state index in [0.717, 1.165) is 12.1 Å². The molecule has 2 aromatic rings. The van der Waals surface area contributed by atoms with E-state index in [-0.39, 0.29) is 11.6 Å². The predicted molar refractivity (Wildman–Crippen MR) is 60.2 cm³/mol. The summed E-state index contributed by atoms with van der Waals surface area (Å²) in [6, 6.07) is 3.49. The van der Waals surface area contributed by atoms with Crippen LogP contribution in [0.2, 0.25) is 0 Å². The average molecular weight is 272 g/mol. The van der Waals surface area contributed by atoms with Gasteiger partial charge >= 0.3 is 6.18 Å². The minimum Gasteiger partial charge on any atom is -0.308 e. The third-order valence-corrected chi connectivity index (χ3v) is 2.33. The van der Waals surface area contributed by atoms with E-state index in [2.05, 4.69) is 15.4 Å². The summed E-state index contributed by atoms with van der Waals surface area (Å²) in [5.41, 5.74) is 0.733. The number of nitrogens with two attached hydrogens (primary N) is 1. The lowest BCUT2D eigenvalue weighted by Crippen LogP contribution is -2.11. The minimum absolute atomic E-state index is 0.127. The Morgan fingerprint density at radius 3 is 2.53 bits per heavy atom. The number of rotatable bonds is 2. The van der Waals surface area contributed by atoms with Gasteiger partial charge in [-0.2, -0.15) is 13.2 Å². The van der Waals surface area contributed by atoms with Crippen LogP contribution in [-0.2, 0) is 6.18 Å². The van der Waals surface area contributed by atoms with E-state index in [0.29, 0.717) is 6.07 Å². The number of benzene rings is 1. The van der Waals surface area contributed by atoms with Crippen molar-refractivity contribution in [2.75, 3.05) is 5.43 Å². The van der Waals surface area contributed by atoms with Gasteiger partial charge in [0.2, 0.25) is 0 Å². The van der Waals surface area contributed by atoms with Crippen LogP contribution in [0.1, 0.15) is 5.56 Å². The summed E-state index contributed by atoms with van der Waals surface area (Å²) in [7, 11) is 0. The lowest BCUT2D eigenvalue weighted by molar-refractivity contribution is -0.137. The Morgan fingerprint density at radius 2 is 1.89 bits per heavy atom. The van der Waals surface area contributed by atoms with Gasteiger partial charge in [0.05, 0.1) is 5.56 Å². The highest BCUT2D eigenvalue weighted by atomic mass is 19.4. The van der Waals surface area contributed by atoms with E-state index in [1.165, 1.54) is 12.3 Å². The topological polar surface area (TPSA) is 63.8 Å². The summed E-state index contributed by atoms with van der Waals surface area (Å²) in [6.07, 6.45) is -3.40. The first-order chi connectivity index (χ1) is 8.91. The molecule has 0 radical (unpaired) electrons. The number of nitrogens with one attached hydrogen (secondary N) is 1. The zero-order valence-electron chi connectivity index (χ0n) is 9.37. The maximum Gasteiger partial charge on any atom is 0.417 e. The highest BCUT2D eigenvalue weighted by Crippen LogP contribution is 2.36. The smallest absolute Gasteiger partial charge is 0.308 e. The van der Waals surface area contributed by atoms with Gasteiger partial charge in [0.15, 0.2) is 5.82 Å². The number of hydrogen-bond donors (Lipinski definition) is 2. The van der Waals surface area contributed by atoms with Crippen LogP contribution in [0.5, 0.6) is 0 Å². The molecule has 1 aromatic heterocycles. The third kappa shape index (κ3) is 2.79. The normalized spacial score (nSPS) is 11.4. The number of aromatic nitrogens is 2. The molecule has 19 heavy (non-hydrogen) atoms. The Kier molecular flexibility index (Phi) is 3.34. The molecule has 0 spiro atoms. The fraction of sp³-hybridized carbons (Fsp3) is 0.0909. The van der Waals surface area contributed by atoms with Crippen LogP contribution < -0.4 is 11.3 Å². The molecule has 1 heterocycles. The van der Waals surface area contributed by atoms with Gasteiger partial charge in [-0.05, 0) is 18.2 Å². The van der Waals surface area contributed by atoms with E-state index in [1.807, 2.05) is 0 Å². The summed E-state index contributed by atoms with van der Waals surface area (Å²) in [5.74, 6) is 4.17. The van der Waals surface area contributed by atoms with Crippen LogP contribution in [0.4, 0.5) is 23.4 Å². The fourth-order valence-electron chi connectivity index (χ4n) is 1.52. The first-order valence-corrected chi connectivity index (χ1v) is 5.08. The Morgan fingerprint density at radius 1 is 1.16 bits per heavy atom. The van der Waals surface area contributed by atoms with Crippen molar-refractivity contribution in [2.45, 2.75) is 6.18 Å². The molecule has 0 saturated carbocycles. The Balaban J connectivity index is 2.63. The summed E-state index contributed by atoms with van der Waals surface area (Å²) in [6.45, 7) is 0. The number of hydrazine groups is 1. The Hall–Kier alpha value is -2.22. The molecule has 3 N–H and O–H groups in total. The maximum atomic E-state index is 13.1. The molecule has 100 valence electrons. The van der Waals surface area contributed by atoms with Crippen molar-refractivity contribution in [2.24, 2.45) is 5.84 Å². The van der Waals surface area contributed by atoms with Crippen molar-refractivity contribution in [1.82, 2.24) is 9.97 Å². The molecule has 0 amide bonds. The Bertz CT molecular complexity index is 597. The van der Waals surface area contributed by atoms with Crippen molar-refractivity contribution in [1.29, 1.82) is 0 Å². The number of anilines is 1. The number of halogens is 4. The van der Waals surface area contributed by atoms with Gasteiger partial charge in [-0.15, -0.1) is 0 Å². The van der Waals surface area contributed by atoms with E-state index < -0.39 is 23.1 Å². The van der Waals surface area contributed by atoms with Gasteiger partial charge in [-0.25, -0.2) is 20.2 Å². The van der Waals surface area contributed by atoms with Crippen LogP contribution in [0, 0.1) is 5.82 Å². The van der Waals surface area contributed by atoms with Gasteiger partial charge in [0.1, 0.15) is 11.6 Å². The second kappa shape index (κ2) is 4.81. The van der Waals surface area contributed by atoms with Crippen LogP contribution in [-0.4, -0.2) is 9.97 Å². The molecule has 8 heteroatoms. The lowest BCUT2D eigenvalue weighted by Gasteiger charge is -2.12. The summed E-state index contributed by atoms with van der Waals surface area (Å²) >= 11 is 0.